The van der Waals surface area contributed by atoms with Crippen LogP contribution in [0.5, 0.6) is 0 Å². The zero-order valence-corrected chi connectivity index (χ0v) is 12.0. The number of hydrogen-bond acceptors (Lipinski definition) is 4. The molecule has 6 heteroatoms. The van der Waals surface area contributed by atoms with Gasteiger partial charge in [-0.3, -0.25) is 4.90 Å². The van der Waals surface area contributed by atoms with E-state index < -0.39 is 5.00 Å². The number of halogens is 1. The van der Waals surface area contributed by atoms with Crippen LogP contribution in [0.15, 0.2) is 36.2 Å². The maximum Gasteiger partial charge on any atom is 0.119 e. The lowest BCUT2D eigenvalue weighted by atomic mass is 9.95. The van der Waals surface area contributed by atoms with Crippen molar-refractivity contribution in [2.75, 3.05) is 26.3 Å². The SMILES string of the molecule is NC1=CCC(Cl)(N(CCO)CCO)C=C1c1ccc[nH]1. The molecule has 1 aliphatic rings. The van der Waals surface area contributed by atoms with Crippen LogP contribution in [0.3, 0.4) is 0 Å². The summed E-state index contributed by atoms with van der Waals surface area (Å²) in [7, 11) is 0. The molecule has 5 N–H and O–H groups in total. The fourth-order valence-electron chi connectivity index (χ4n) is 2.40. The molecule has 0 spiro atoms. The summed E-state index contributed by atoms with van der Waals surface area (Å²) in [6.45, 7) is 0.761. The number of aliphatic hydroxyl groups excluding tert-OH is 2. The van der Waals surface area contributed by atoms with Crippen LogP contribution in [0.4, 0.5) is 0 Å². The van der Waals surface area contributed by atoms with Crippen LogP contribution in [-0.4, -0.2) is 51.4 Å². The summed E-state index contributed by atoms with van der Waals surface area (Å²) in [6, 6.07) is 3.82. The summed E-state index contributed by atoms with van der Waals surface area (Å²) in [6.07, 6.45) is 6.13. The first-order chi connectivity index (χ1) is 9.60. The highest BCUT2D eigenvalue weighted by molar-refractivity contribution is 6.26. The van der Waals surface area contributed by atoms with E-state index in [1.807, 2.05) is 35.4 Å². The van der Waals surface area contributed by atoms with Crippen LogP contribution in [0.2, 0.25) is 0 Å². The van der Waals surface area contributed by atoms with E-state index in [9.17, 15) is 0 Å². The van der Waals surface area contributed by atoms with E-state index in [1.54, 1.807) is 0 Å². The van der Waals surface area contributed by atoms with Crippen LogP contribution >= 0.6 is 11.6 Å². The molecule has 1 unspecified atom stereocenters. The number of nitrogens with zero attached hydrogens (tertiary/aromatic N) is 1. The summed E-state index contributed by atoms with van der Waals surface area (Å²) in [4.78, 5) is 4.18. The van der Waals surface area contributed by atoms with Gasteiger partial charge < -0.3 is 20.9 Å². The number of rotatable bonds is 6. The summed E-state index contributed by atoms with van der Waals surface area (Å²) in [5.41, 5.74) is 8.46. The maximum atomic E-state index is 9.16. The van der Waals surface area contributed by atoms with E-state index in [-0.39, 0.29) is 13.2 Å². The minimum Gasteiger partial charge on any atom is -0.398 e. The Hall–Kier alpha value is -1.27. The van der Waals surface area contributed by atoms with Crippen LogP contribution in [0.25, 0.3) is 5.57 Å². The molecule has 20 heavy (non-hydrogen) atoms. The third-order valence-corrected chi connectivity index (χ3v) is 3.94. The molecule has 0 saturated heterocycles. The Morgan fingerprint density at radius 1 is 1.35 bits per heavy atom. The van der Waals surface area contributed by atoms with Gasteiger partial charge in [0, 0.05) is 42.7 Å². The highest BCUT2D eigenvalue weighted by atomic mass is 35.5. The van der Waals surface area contributed by atoms with Gasteiger partial charge in [0.15, 0.2) is 0 Å². The lowest BCUT2D eigenvalue weighted by Crippen LogP contribution is -2.46. The summed E-state index contributed by atoms with van der Waals surface area (Å²) < 4.78 is 0. The van der Waals surface area contributed by atoms with Gasteiger partial charge in [0.2, 0.25) is 0 Å². The molecule has 0 fully saturated rings. The van der Waals surface area contributed by atoms with Crippen molar-refractivity contribution in [1.29, 1.82) is 0 Å². The Balaban J connectivity index is 2.32. The molecule has 1 atom stereocenters. The van der Waals surface area contributed by atoms with Gasteiger partial charge in [-0.1, -0.05) is 17.7 Å². The number of aliphatic hydroxyl groups is 2. The first-order valence-corrected chi connectivity index (χ1v) is 6.97. The van der Waals surface area contributed by atoms with E-state index in [0.717, 1.165) is 11.3 Å². The number of aromatic nitrogens is 1. The van der Waals surface area contributed by atoms with Crippen LogP contribution in [0, 0.1) is 0 Å². The Kier molecular flexibility index (Phi) is 4.88. The number of alkyl halides is 1. The zero-order valence-electron chi connectivity index (χ0n) is 11.2. The molecule has 5 nitrogen and oxygen atoms in total. The number of nitrogens with one attached hydrogen (secondary N) is 1. The van der Waals surface area contributed by atoms with Crippen molar-refractivity contribution in [2.24, 2.45) is 5.73 Å². The van der Waals surface area contributed by atoms with Gasteiger partial charge in [0.05, 0.1) is 13.2 Å². The fraction of sp³-hybridized carbons (Fsp3) is 0.429. The summed E-state index contributed by atoms with van der Waals surface area (Å²) in [5, 5.41) is 18.3. The molecule has 2 rings (SSSR count). The lowest BCUT2D eigenvalue weighted by Gasteiger charge is -2.38. The standard InChI is InChI=1S/C14H20ClN3O2/c15-14(18(6-8-19)7-9-20)4-3-12(16)11(10-14)13-2-1-5-17-13/h1-3,5,10,17,19-20H,4,6-9,16H2. The average Bonchev–Trinajstić information content (AvgIpc) is 2.95. The molecule has 110 valence electrons. The average molecular weight is 298 g/mol. The van der Waals surface area contributed by atoms with Crippen molar-refractivity contribution < 1.29 is 10.2 Å². The molecule has 0 amide bonds. The van der Waals surface area contributed by atoms with Gasteiger partial charge in [-0.25, -0.2) is 0 Å². The van der Waals surface area contributed by atoms with Crippen molar-refractivity contribution in [1.82, 2.24) is 9.88 Å². The molecule has 1 aromatic rings. The van der Waals surface area contributed by atoms with Gasteiger partial charge in [0.1, 0.15) is 5.00 Å². The van der Waals surface area contributed by atoms with Crippen molar-refractivity contribution in [3.05, 3.63) is 41.9 Å². The quantitative estimate of drug-likeness (QED) is 0.463. The summed E-state index contributed by atoms with van der Waals surface area (Å²) >= 11 is 6.69. The van der Waals surface area contributed by atoms with E-state index in [2.05, 4.69) is 4.98 Å². The van der Waals surface area contributed by atoms with Crippen molar-refractivity contribution in [3.8, 4) is 0 Å². The van der Waals surface area contributed by atoms with Crippen LogP contribution in [0.1, 0.15) is 12.1 Å². The first-order valence-electron chi connectivity index (χ1n) is 6.59. The zero-order chi connectivity index (χ0) is 14.6. The minimum absolute atomic E-state index is 0.0145. The summed E-state index contributed by atoms with van der Waals surface area (Å²) in [5.74, 6) is 0. The van der Waals surface area contributed by atoms with E-state index in [1.165, 1.54) is 0 Å². The predicted molar refractivity (Wildman–Crippen MR) is 80.0 cm³/mol. The van der Waals surface area contributed by atoms with Gasteiger partial charge in [-0.2, -0.15) is 0 Å². The van der Waals surface area contributed by atoms with Crippen LogP contribution < -0.4 is 5.73 Å². The number of hydrogen-bond donors (Lipinski definition) is 4. The smallest absolute Gasteiger partial charge is 0.119 e. The van der Waals surface area contributed by atoms with Gasteiger partial charge >= 0.3 is 0 Å². The predicted octanol–water partition coefficient (Wildman–Crippen LogP) is 0.866. The van der Waals surface area contributed by atoms with Crippen molar-refractivity contribution in [2.45, 2.75) is 11.4 Å². The topological polar surface area (TPSA) is 85.5 Å². The highest BCUT2D eigenvalue weighted by Crippen LogP contribution is 2.36. The molecule has 1 aliphatic carbocycles. The number of H-pyrrole nitrogens is 1. The van der Waals surface area contributed by atoms with Gasteiger partial charge in [-0.15, -0.1) is 0 Å². The van der Waals surface area contributed by atoms with E-state index >= 15 is 0 Å². The fourth-order valence-corrected chi connectivity index (χ4v) is 2.76. The molecule has 0 aromatic carbocycles. The molecule has 1 aromatic heterocycles. The number of nitrogens with two attached hydrogens (primary N) is 1. The minimum atomic E-state index is -0.783. The monoisotopic (exact) mass is 297 g/mol. The second kappa shape index (κ2) is 6.45. The molecular formula is C14H20ClN3O2. The molecule has 0 saturated carbocycles. The Bertz CT molecular complexity index is 493. The first kappa shape index (κ1) is 15.1. The molecule has 0 radical (unpaired) electrons. The van der Waals surface area contributed by atoms with Crippen molar-refractivity contribution >= 4 is 17.2 Å². The Labute approximate surface area is 123 Å². The Morgan fingerprint density at radius 3 is 2.60 bits per heavy atom. The van der Waals surface area contributed by atoms with Gasteiger partial charge in [0.25, 0.3) is 0 Å². The van der Waals surface area contributed by atoms with E-state index in [0.29, 0.717) is 25.2 Å². The third kappa shape index (κ3) is 3.07. The van der Waals surface area contributed by atoms with E-state index in [4.69, 9.17) is 27.5 Å². The highest BCUT2D eigenvalue weighted by Gasteiger charge is 2.34. The Morgan fingerprint density at radius 2 is 2.05 bits per heavy atom. The third-order valence-electron chi connectivity index (χ3n) is 3.44. The maximum absolute atomic E-state index is 9.16. The molecule has 0 bridgehead atoms. The number of aromatic amines is 1. The van der Waals surface area contributed by atoms with Gasteiger partial charge in [-0.05, 0) is 18.2 Å². The molecular weight excluding hydrogens is 278 g/mol. The van der Waals surface area contributed by atoms with Crippen LogP contribution in [-0.2, 0) is 0 Å². The second-order valence-electron chi connectivity index (χ2n) is 4.76. The lowest BCUT2D eigenvalue weighted by molar-refractivity contribution is 0.122. The largest absolute Gasteiger partial charge is 0.398 e. The second-order valence-corrected chi connectivity index (χ2v) is 5.41. The molecule has 0 aliphatic heterocycles. The van der Waals surface area contributed by atoms with Crippen molar-refractivity contribution in [3.63, 3.8) is 0 Å². The molecule has 1 heterocycles. The number of allylic oxidation sites excluding steroid dienone is 1. The normalized spacial score (nSPS) is 22.8.